The van der Waals surface area contributed by atoms with Crippen molar-refractivity contribution in [1.82, 2.24) is 15.5 Å². The molecular formula is C25H30N4O5. The van der Waals surface area contributed by atoms with Crippen LogP contribution < -0.4 is 25.0 Å². The highest BCUT2D eigenvalue weighted by atomic mass is 16.5. The van der Waals surface area contributed by atoms with Crippen molar-refractivity contribution < 1.29 is 23.8 Å². The standard InChI is InChI=1S/C25H30N4O5/c1-32-20-10-9-17(15-21(20)33-2)23-22(24(30)34-3)19(26-25(31)27-23)16-28-11-13-29(14-12-28)18-7-5-4-6-8-18/h4-10,15,23H,11-14,16H2,1-3H3,(H2,26,27,31)/t23-/m0/s1. The molecule has 2 N–H and O–H groups in total. The number of amides is 2. The molecule has 0 unspecified atom stereocenters. The summed E-state index contributed by atoms with van der Waals surface area (Å²) >= 11 is 0. The largest absolute Gasteiger partial charge is 0.493 e. The molecule has 1 saturated heterocycles. The lowest BCUT2D eigenvalue weighted by Gasteiger charge is -2.38. The maximum absolute atomic E-state index is 12.9. The molecule has 0 aliphatic carbocycles. The number of nitrogens with one attached hydrogen (secondary N) is 2. The molecule has 2 aliphatic rings. The fourth-order valence-corrected chi connectivity index (χ4v) is 4.40. The second kappa shape index (κ2) is 10.5. The van der Waals surface area contributed by atoms with Gasteiger partial charge in [0.1, 0.15) is 0 Å². The van der Waals surface area contributed by atoms with Crippen LogP contribution in [0.15, 0.2) is 59.8 Å². The number of hydrogen-bond donors (Lipinski definition) is 2. The summed E-state index contributed by atoms with van der Waals surface area (Å²) < 4.78 is 15.8. The molecule has 2 aromatic rings. The topological polar surface area (TPSA) is 92.4 Å². The van der Waals surface area contributed by atoms with Crippen LogP contribution in [0.1, 0.15) is 11.6 Å². The van der Waals surface area contributed by atoms with Crippen molar-refractivity contribution in [1.29, 1.82) is 0 Å². The zero-order valence-electron chi connectivity index (χ0n) is 19.7. The van der Waals surface area contributed by atoms with Crippen LogP contribution in [0, 0.1) is 0 Å². The van der Waals surface area contributed by atoms with E-state index in [1.165, 1.54) is 12.8 Å². The van der Waals surface area contributed by atoms with Crippen LogP contribution in [0.4, 0.5) is 10.5 Å². The Morgan fingerprint density at radius 1 is 0.971 bits per heavy atom. The van der Waals surface area contributed by atoms with E-state index in [0.29, 0.717) is 34.9 Å². The summed E-state index contributed by atoms with van der Waals surface area (Å²) in [7, 11) is 4.44. The van der Waals surface area contributed by atoms with E-state index in [4.69, 9.17) is 14.2 Å². The third-order valence-electron chi connectivity index (χ3n) is 6.18. The first-order valence-electron chi connectivity index (χ1n) is 11.2. The molecule has 2 amide bonds. The van der Waals surface area contributed by atoms with Crippen LogP contribution in [-0.4, -0.2) is 71.0 Å². The number of anilines is 1. The van der Waals surface area contributed by atoms with Crippen molar-refractivity contribution in [3.63, 3.8) is 0 Å². The van der Waals surface area contributed by atoms with Gasteiger partial charge in [0.25, 0.3) is 0 Å². The summed E-state index contributed by atoms with van der Waals surface area (Å²) in [4.78, 5) is 30.0. The van der Waals surface area contributed by atoms with Gasteiger partial charge >= 0.3 is 12.0 Å². The molecule has 9 nitrogen and oxygen atoms in total. The summed E-state index contributed by atoms with van der Waals surface area (Å²) in [6.45, 7) is 3.75. The number of piperazine rings is 1. The summed E-state index contributed by atoms with van der Waals surface area (Å²) in [6.07, 6.45) is 0. The van der Waals surface area contributed by atoms with Gasteiger partial charge in [-0.25, -0.2) is 9.59 Å². The Balaban J connectivity index is 1.58. The average molecular weight is 467 g/mol. The SMILES string of the molecule is COC(=O)C1=C(CN2CCN(c3ccccc3)CC2)NC(=O)N[C@H]1c1ccc(OC)c(OC)c1. The van der Waals surface area contributed by atoms with Gasteiger partial charge in [-0.3, -0.25) is 4.90 Å². The number of para-hydroxylation sites is 1. The van der Waals surface area contributed by atoms with E-state index < -0.39 is 12.0 Å². The number of ether oxygens (including phenoxy) is 3. The van der Waals surface area contributed by atoms with Crippen molar-refractivity contribution in [2.24, 2.45) is 0 Å². The number of hydrogen-bond acceptors (Lipinski definition) is 7. The van der Waals surface area contributed by atoms with E-state index >= 15 is 0 Å². The van der Waals surface area contributed by atoms with Gasteiger partial charge in [0.05, 0.1) is 32.9 Å². The zero-order chi connectivity index (χ0) is 24.1. The number of rotatable bonds is 7. The van der Waals surface area contributed by atoms with Gasteiger partial charge in [-0.1, -0.05) is 24.3 Å². The Labute approximate surface area is 199 Å². The van der Waals surface area contributed by atoms with E-state index in [2.05, 4.69) is 32.6 Å². The third-order valence-corrected chi connectivity index (χ3v) is 6.18. The summed E-state index contributed by atoms with van der Waals surface area (Å²) in [5.41, 5.74) is 2.81. The molecule has 2 aliphatic heterocycles. The van der Waals surface area contributed by atoms with Crippen LogP contribution in [0.25, 0.3) is 0 Å². The molecule has 2 aromatic carbocycles. The Bertz CT molecular complexity index is 1060. The monoisotopic (exact) mass is 466 g/mol. The van der Waals surface area contributed by atoms with Crippen molar-refractivity contribution >= 4 is 17.7 Å². The minimum Gasteiger partial charge on any atom is -0.493 e. The highest BCUT2D eigenvalue weighted by Gasteiger charge is 2.35. The number of benzene rings is 2. The lowest BCUT2D eigenvalue weighted by molar-refractivity contribution is -0.136. The molecule has 0 bridgehead atoms. The van der Waals surface area contributed by atoms with Gasteiger partial charge in [0.2, 0.25) is 0 Å². The predicted octanol–water partition coefficient (Wildman–Crippen LogP) is 2.31. The van der Waals surface area contributed by atoms with Gasteiger partial charge in [0.15, 0.2) is 11.5 Å². The lowest BCUT2D eigenvalue weighted by Crippen LogP contribution is -2.51. The smallest absolute Gasteiger partial charge is 0.338 e. The maximum Gasteiger partial charge on any atom is 0.338 e. The molecule has 4 rings (SSSR count). The molecular weight excluding hydrogens is 436 g/mol. The molecule has 2 heterocycles. The Hall–Kier alpha value is -3.72. The fourth-order valence-electron chi connectivity index (χ4n) is 4.40. The van der Waals surface area contributed by atoms with E-state index in [9.17, 15) is 9.59 Å². The average Bonchev–Trinajstić information content (AvgIpc) is 2.88. The second-order valence-corrected chi connectivity index (χ2v) is 8.13. The van der Waals surface area contributed by atoms with Gasteiger partial charge in [-0.2, -0.15) is 0 Å². The Morgan fingerprint density at radius 3 is 2.32 bits per heavy atom. The summed E-state index contributed by atoms with van der Waals surface area (Å²) in [5, 5.41) is 5.69. The molecule has 1 fully saturated rings. The zero-order valence-corrected chi connectivity index (χ0v) is 19.7. The van der Waals surface area contributed by atoms with Crippen LogP contribution in [0.5, 0.6) is 11.5 Å². The molecule has 0 spiro atoms. The maximum atomic E-state index is 12.9. The molecule has 1 atom stereocenters. The van der Waals surface area contributed by atoms with Crippen molar-refractivity contribution in [2.45, 2.75) is 6.04 Å². The predicted molar refractivity (Wildman–Crippen MR) is 128 cm³/mol. The summed E-state index contributed by atoms with van der Waals surface area (Å²) in [5.74, 6) is 0.576. The Kier molecular flexibility index (Phi) is 7.22. The quantitative estimate of drug-likeness (QED) is 0.605. The summed E-state index contributed by atoms with van der Waals surface area (Å²) in [6, 6.07) is 14.6. The first kappa shape index (κ1) is 23.4. The highest BCUT2D eigenvalue weighted by molar-refractivity contribution is 5.95. The first-order chi connectivity index (χ1) is 16.5. The highest BCUT2D eigenvalue weighted by Crippen LogP contribution is 2.34. The van der Waals surface area contributed by atoms with Gasteiger partial charge < -0.3 is 29.7 Å². The van der Waals surface area contributed by atoms with Gasteiger partial charge in [-0.05, 0) is 29.8 Å². The molecule has 180 valence electrons. The van der Waals surface area contributed by atoms with E-state index in [1.54, 1.807) is 32.4 Å². The number of carbonyl (C=O) groups is 2. The van der Waals surface area contributed by atoms with E-state index in [1.807, 2.05) is 18.2 Å². The molecule has 0 radical (unpaired) electrons. The van der Waals surface area contributed by atoms with Crippen LogP contribution in [0.3, 0.4) is 0 Å². The number of nitrogens with zero attached hydrogens (tertiary/aromatic N) is 2. The number of carbonyl (C=O) groups excluding carboxylic acids is 2. The minimum atomic E-state index is -0.679. The van der Waals surface area contributed by atoms with Crippen molar-refractivity contribution in [2.75, 3.05) is 59.0 Å². The van der Waals surface area contributed by atoms with Crippen molar-refractivity contribution in [3.05, 3.63) is 65.4 Å². The number of methoxy groups -OCH3 is 3. The van der Waals surface area contributed by atoms with Crippen LogP contribution >= 0.6 is 0 Å². The Morgan fingerprint density at radius 2 is 1.68 bits per heavy atom. The fraction of sp³-hybridized carbons (Fsp3) is 0.360. The molecule has 9 heteroatoms. The first-order valence-corrected chi connectivity index (χ1v) is 11.2. The second-order valence-electron chi connectivity index (χ2n) is 8.13. The third kappa shape index (κ3) is 4.94. The molecule has 34 heavy (non-hydrogen) atoms. The van der Waals surface area contributed by atoms with Gasteiger partial charge in [-0.15, -0.1) is 0 Å². The minimum absolute atomic E-state index is 0.370. The van der Waals surface area contributed by atoms with E-state index in [0.717, 1.165) is 26.2 Å². The lowest BCUT2D eigenvalue weighted by atomic mass is 9.94. The number of esters is 1. The van der Waals surface area contributed by atoms with Crippen LogP contribution in [-0.2, 0) is 9.53 Å². The normalized spacial score (nSPS) is 18.7. The van der Waals surface area contributed by atoms with E-state index in [-0.39, 0.29) is 6.03 Å². The molecule has 0 saturated carbocycles. The van der Waals surface area contributed by atoms with Crippen LogP contribution in [0.2, 0.25) is 0 Å². The molecule has 0 aromatic heterocycles. The van der Waals surface area contributed by atoms with Gasteiger partial charge in [0, 0.05) is 44.1 Å². The van der Waals surface area contributed by atoms with Crippen molar-refractivity contribution in [3.8, 4) is 11.5 Å². The number of urea groups is 1.